The van der Waals surface area contributed by atoms with Crippen LogP contribution in [0.1, 0.15) is 11.1 Å². The van der Waals surface area contributed by atoms with Crippen LogP contribution >= 0.6 is 0 Å². The SMILES string of the molecule is NCc1ccccc1OCCNCc1cncc(-c2ccccc2)c1. The first kappa shape index (κ1) is 17.1. The van der Waals surface area contributed by atoms with Gasteiger partial charge in [0.05, 0.1) is 0 Å². The van der Waals surface area contributed by atoms with Gasteiger partial charge in [0.15, 0.2) is 0 Å². The second-order valence-electron chi connectivity index (χ2n) is 5.78. The van der Waals surface area contributed by atoms with E-state index < -0.39 is 0 Å². The number of hydrogen-bond donors (Lipinski definition) is 2. The Balaban J connectivity index is 1.48. The van der Waals surface area contributed by atoms with Crippen LogP contribution in [-0.2, 0) is 13.1 Å². The molecule has 0 spiro atoms. The van der Waals surface area contributed by atoms with Crippen LogP contribution in [0.2, 0.25) is 0 Å². The lowest BCUT2D eigenvalue weighted by Crippen LogP contribution is -2.21. The predicted octanol–water partition coefficient (Wildman–Crippen LogP) is 3.38. The number of para-hydroxylation sites is 1. The van der Waals surface area contributed by atoms with Gasteiger partial charge in [-0.2, -0.15) is 0 Å². The summed E-state index contributed by atoms with van der Waals surface area (Å²) in [5.41, 5.74) is 10.2. The van der Waals surface area contributed by atoms with Gasteiger partial charge in [-0.1, -0.05) is 48.5 Å². The van der Waals surface area contributed by atoms with Crippen molar-refractivity contribution < 1.29 is 4.74 Å². The maximum atomic E-state index is 5.80. The summed E-state index contributed by atoms with van der Waals surface area (Å²) < 4.78 is 5.80. The van der Waals surface area contributed by atoms with Crippen molar-refractivity contribution in [3.05, 3.63) is 84.2 Å². The van der Waals surface area contributed by atoms with Gasteiger partial charge >= 0.3 is 0 Å². The van der Waals surface area contributed by atoms with E-state index in [0.29, 0.717) is 13.2 Å². The minimum atomic E-state index is 0.488. The van der Waals surface area contributed by atoms with Gasteiger partial charge in [-0.25, -0.2) is 0 Å². The van der Waals surface area contributed by atoms with E-state index >= 15 is 0 Å². The molecule has 0 saturated carbocycles. The monoisotopic (exact) mass is 333 g/mol. The average molecular weight is 333 g/mol. The molecule has 25 heavy (non-hydrogen) atoms. The molecule has 128 valence electrons. The Morgan fingerprint density at radius 1 is 0.920 bits per heavy atom. The molecule has 0 amide bonds. The summed E-state index contributed by atoms with van der Waals surface area (Å²) in [6, 6.07) is 20.3. The predicted molar refractivity (Wildman–Crippen MR) is 101 cm³/mol. The molecule has 0 saturated heterocycles. The van der Waals surface area contributed by atoms with Crippen molar-refractivity contribution in [3.63, 3.8) is 0 Å². The van der Waals surface area contributed by atoms with Crippen LogP contribution in [0, 0.1) is 0 Å². The molecule has 3 aromatic rings. The number of hydrogen-bond acceptors (Lipinski definition) is 4. The summed E-state index contributed by atoms with van der Waals surface area (Å²) in [6.07, 6.45) is 3.79. The van der Waals surface area contributed by atoms with Gasteiger partial charge < -0.3 is 15.8 Å². The third-order valence-electron chi connectivity index (χ3n) is 3.96. The third-order valence-corrected chi connectivity index (χ3v) is 3.96. The van der Waals surface area contributed by atoms with E-state index in [0.717, 1.165) is 35.5 Å². The number of aromatic nitrogens is 1. The molecule has 0 aliphatic heterocycles. The summed E-state index contributed by atoms with van der Waals surface area (Å²) in [6.45, 7) is 2.61. The molecule has 3 N–H and O–H groups in total. The lowest BCUT2D eigenvalue weighted by atomic mass is 10.1. The molecule has 3 rings (SSSR count). The fraction of sp³-hybridized carbons (Fsp3) is 0.190. The van der Waals surface area contributed by atoms with Gasteiger partial charge in [0.25, 0.3) is 0 Å². The van der Waals surface area contributed by atoms with Crippen molar-refractivity contribution in [2.45, 2.75) is 13.1 Å². The molecule has 4 nitrogen and oxygen atoms in total. The van der Waals surface area contributed by atoms with E-state index in [1.54, 1.807) is 0 Å². The molecule has 0 radical (unpaired) electrons. The van der Waals surface area contributed by atoms with Gasteiger partial charge in [0.2, 0.25) is 0 Å². The van der Waals surface area contributed by atoms with E-state index in [9.17, 15) is 0 Å². The highest BCUT2D eigenvalue weighted by molar-refractivity contribution is 5.62. The lowest BCUT2D eigenvalue weighted by molar-refractivity contribution is 0.310. The first-order valence-corrected chi connectivity index (χ1v) is 8.47. The summed E-state index contributed by atoms with van der Waals surface area (Å²) in [5, 5.41) is 3.39. The van der Waals surface area contributed by atoms with Crippen LogP contribution in [0.15, 0.2) is 73.1 Å². The lowest BCUT2D eigenvalue weighted by Gasteiger charge is -2.11. The zero-order valence-electron chi connectivity index (χ0n) is 14.2. The minimum absolute atomic E-state index is 0.488. The Bertz CT molecular complexity index is 790. The molecular formula is C21H23N3O. The molecule has 0 unspecified atom stereocenters. The topological polar surface area (TPSA) is 60.2 Å². The molecular weight excluding hydrogens is 310 g/mol. The molecule has 4 heteroatoms. The first-order chi connectivity index (χ1) is 12.4. The highest BCUT2D eigenvalue weighted by atomic mass is 16.5. The fourth-order valence-electron chi connectivity index (χ4n) is 2.65. The van der Waals surface area contributed by atoms with Gasteiger partial charge in [-0.05, 0) is 23.3 Å². The number of nitrogens with zero attached hydrogens (tertiary/aromatic N) is 1. The summed E-state index contributed by atoms with van der Waals surface area (Å²) in [5.74, 6) is 0.861. The first-order valence-electron chi connectivity index (χ1n) is 8.47. The second-order valence-corrected chi connectivity index (χ2v) is 5.78. The third kappa shape index (κ3) is 4.89. The molecule has 1 heterocycles. The normalized spacial score (nSPS) is 10.6. The van der Waals surface area contributed by atoms with Gasteiger partial charge in [0.1, 0.15) is 12.4 Å². The number of benzene rings is 2. The quantitative estimate of drug-likeness (QED) is 0.621. The largest absolute Gasteiger partial charge is 0.492 e. The number of nitrogens with one attached hydrogen (secondary N) is 1. The number of pyridine rings is 1. The Hall–Kier alpha value is -2.69. The number of nitrogens with two attached hydrogens (primary N) is 1. The van der Waals surface area contributed by atoms with Crippen LogP contribution in [0.5, 0.6) is 5.75 Å². The van der Waals surface area contributed by atoms with Gasteiger partial charge in [-0.3, -0.25) is 4.98 Å². The second kappa shape index (κ2) is 8.97. The number of rotatable bonds is 8. The Morgan fingerprint density at radius 3 is 2.56 bits per heavy atom. The van der Waals surface area contributed by atoms with Crippen molar-refractivity contribution in [1.82, 2.24) is 10.3 Å². The molecule has 0 bridgehead atoms. The van der Waals surface area contributed by atoms with Crippen molar-refractivity contribution in [2.24, 2.45) is 5.73 Å². The highest BCUT2D eigenvalue weighted by Crippen LogP contribution is 2.19. The van der Waals surface area contributed by atoms with E-state index in [2.05, 4.69) is 28.5 Å². The molecule has 0 aliphatic rings. The molecule has 2 aromatic carbocycles. The average Bonchev–Trinajstić information content (AvgIpc) is 2.69. The van der Waals surface area contributed by atoms with Gasteiger partial charge in [-0.15, -0.1) is 0 Å². The van der Waals surface area contributed by atoms with Crippen molar-refractivity contribution in [1.29, 1.82) is 0 Å². The van der Waals surface area contributed by atoms with E-state index in [4.69, 9.17) is 10.5 Å². The molecule has 0 atom stereocenters. The fourth-order valence-corrected chi connectivity index (χ4v) is 2.65. The maximum Gasteiger partial charge on any atom is 0.123 e. The van der Waals surface area contributed by atoms with Crippen molar-refractivity contribution >= 4 is 0 Å². The standard InChI is InChI=1S/C21H23N3O/c22-13-19-8-4-5-9-21(19)25-11-10-23-14-17-12-20(16-24-15-17)18-6-2-1-3-7-18/h1-9,12,15-16,23H,10-11,13-14,22H2. The number of ether oxygens (including phenoxy) is 1. The van der Waals surface area contributed by atoms with Crippen molar-refractivity contribution in [2.75, 3.05) is 13.2 Å². The van der Waals surface area contributed by atoms with E-state index in [1.807, 2.05) is 54.9 Å². The van der Waals surface area contributed by atoms with Gasteiger partial charge in [0, 0.05) is 43.2 Å². The van der Waals surface area contributed by atoms with Crippen LogP contribution in [0.3, 0.4) is 0 Å². The Morgan fingerprint density at radius 2 is 1.72 bits per heavy atom. The van der Waals surface area contributed by atoms with Crippen LogP contribution in [0.4, 0.5) is 0 Å². The van der Waals surface area contributed by atoms with Crippen LogP contribution in [-0.4, -0.2) is 18.1 Å². The molecule has 0 fully saturated rings. The van der Waals surface area contributed by atoms with E-state index in [1.165, 1.54) is 5.56 Å². The smallest absolute Gasteiger partial charge is 0.123 e. The summed E-state index contributed by atoms with van der Waals surface area (Å²) in [7, 11) is 0. The minimum Gasteiger partial charge on any atom is -0.492 e. The summed E-state index contributed by atoms with van der Waals surface area (Å²) in [4.78, 5) is 4.35. The molecule has 1 aromatic heterocycles. The highest BCUT2D eigenvalue weighted by Gasteiger charge is 2.02. The van der Waals surface area contributed by atoms with Crippen LogP contribution < -0.4 is 15.8 Å². The Kier molecular flexibility index (Phi) is 6.15. The molecule has 0 aliphatic carbocycles. The zero-order valence-corrected chi connectivity index (χ0v) is 14.2. The maximum absolute atomic E-state index is 5.80. The van der Waals surface area contributed by atoms with Crippen molar-refractivity contribution in [3.8, 4) is 16.9 Å². The zero-order chi connectivity index (χ0) is 17.3. The van der Waals surface area contributed by atoms with E-state index in [-0.39, 0.29) is 0 Å². The summed E-state index contributed by atoms with van der Waals surface area (Å²) >= 11 is 0. The Labute approximate surface area is 148 Å². The van der Waals surface area contributed by atoms with Crippen LogP contribution in [0.25, 0.3) is 11.1 Å².